The highest BCUT2D eigenvalue weighted by Crippen LogP contribution is 2.34. The summed E-state index contributed by atoms with van der Waals surface area (Å²) in [4.78, 5) is 19.5. The third-order valence-electron chi connectivity index (χ3n) is 5.35. The Morgan fingerprint density at radius 1 is 1.12 bits per heavy atom. The molecule has 0 spiro atoms. The van der Waals surface area contributed by atoms with Crippen LogP contribution in [0.25, 0.3) is 16.9 Å². The van der Waals surface area contributed by atoms with Crippen LogP contribution in [0.15, 0.2) is 42.5 Å². The number of nitrogens with zero attached hydrogens (tertiary/aromatic N) is 4. The second-order valence-corrected chi connectivity index (χ2v) is 7.44. The largest absolute Gasteiger partial charge is 0.465 e. The maximum Gasteiger partial charge on any atom is 0.405 e. The fourth-order valence-electron chi connectivity index (χ4n) is 3.76. The van der Waals surface area contributed by atoms with Gasteiger partial charge in [0.2, 0.25) is 0 Å². The zero-order chi connectivity index (χ0) is 24.6. The topological polar surface area (TPSA) is 145 Å². The first-order valence-electron chi connectivity index (χ1n) is 10.2. The number of anilines is 2. The van der Waals surface area contributed by atoms with Crippen molar-refractivity contribution in [3.8, 4) is 5.95 Å². The van der Waals surface area contributed by atoms with E-state index in [9.17, 15) is 13.6 Å². The first-order chi connectivity index (χ1) is 16.2. The molecule has 176 valence electrons. The summed E-state index contributed by atoms with van der Waals surface area (Å²) in [5.41, 5.74) is 12.1. The Morgan fingerprint density at radius 3 is 2.44 bits per heavy atom. The van der Waals surface area contributed by atoms with Crippen molar-refractivity contribution in [2.24, 2.45) is 0 Å². The average molecular weight is 471 g/mol. The number of halogens is 3. The van der Waals surface area contributed by atoms with E-state index in [1.165, 1.54) is 10.7 Å². The molecule has 0 aliphatic carbocycles. The van der Waals surface area contributed by atoms with Gasteiger partial charge in [-0.2, -0.15) is 19.7 Å². The molecule has 0 bridgehead atoms. The normalized spacial score (nSPS) is 13.1. The van der Waals surface area contributed by atoms with Crippen LogP contribution >= 0.6 is 0 Å². The molecule has 34 heavy (non-hydrogen) atoms. The molecule has 2 aromatic heterocycles. The second kappa shape index (κ2) is 8.89. The number of carboxylic acid groups (broad SMARTS) is 1. The van der Waals surface area contributed by atoms with E-state index in [1.807, 2.05) is 0 Å². The van der Waals surface area contributed by atoms with E-state index < -0.39 is 35.5 Å². The first kappa shape index (κ1) is 22.8. The van der Waals surface area contributed by atoms with E-state index in [0.717, 1.165) is 12.1 Å². The third-order valence-corrected chi connectivity index (χ3v) is 5.35. The molecule has 6 N–H and O–H groups in total. The molecule has 2 aromatic carbocycles. The Bertz CT molecular complexity index is 1370. The van der Waals surface area contributed by atoms with Gasteiger partial charge in [0.1, 0.15) is 17.3 Å². The SMILES string of the molecule is CCC(NC(=O)O)c1c(N)nc(-n2nc(C(F)c3cccc(F)c3F)c3ccccc32)nc1N. The smallest absolute Gasteiger partial charge is 0.405 e. The number of amides is 1. The quantitative estimate of drug-likeness (QED) is 0.332. The molecular weight excluding hydrogens is 451 g/mol. The summed E-state index contributed by atoms with van der Waals surface area (Å²) in [6.07, 6.45) is -3.02. The minimum absolute atomic E-state index is 0.0859. The van der Waals surface area contributed by atoms with E-state index in [1.54, 1.807) is 31.2 Å². The molecule has 0 fully saturated rings. The lowest BCUT2D eigenvalue weighted by atomic mass is 10.0. The number of fused-ring (bicyclic) bond motifs is 1. The third kappa shape index (κ3) is 3.93. The van der Waals surface area contributed by atoms with Crippen molar-refractivity contribution in [2.75, 3.05) is 11.5 Å². The van der Waals surface area contributed by atoms with Gasteiger partial charge in [-0.1, -0.05) is 37.3 Å². The Kier molecular flexibility index (Phi) is 5.97. The van der Waals surface area contributed by atoms with Gasteiger partial charge >= 0.3 is 6.09 Å². The van der Waals surface area contributed by atoms with Crippen LogP contribution in [-0.2, 0) is 0 Å². The number of nitrogen functional groups attached to an aromatic ring is 2. The molecular formula is C22H20F3N7O2. The summed E-state index contributed by atoms with van der Waals surface area (Å²) < 4.78 is 44.6. The van der Waals surface area contributed by atoms with E-state index in [2.05, 4.69) is 20.4 Å². The maximum absolute atomic E-state index is 15.4. The number of hydrogen-bond acceptors (Lipinski definition) is 6. The minimum Gasteiger partial charge on any atom is -0.465 e. The first-order valence-corrected chi connectivity index (χ1v) is 10.2. The van der Waals surface area contributed by atoms with E-state index in [-0.39, 0.29) is 28.8 Å². The number of rotatable bonds is 6. The van der Waals surface area contributed by atoms with Crippen molar-refractivity contribution in [2.45, 2.75) is 25.6 Å². The van der Waals surface area contributed by atoms with Crippen molar-refractivity contribution in [1.29, 1.82) is 0 Å². The van der Waals surface area contributed by atoms with Crippen molar-refractivity contribution < 1.29 is 23.1 Å². The Hall–Kier alpha value is -4.35. The molecule has 9 nitrogen and oxygen atoms in total. The number of nitrogens with one attached hydrogen (secondary N) is 1. The van der Waals surface area contributed by atoms with Crippen molar-refractivity contribution >= 4 is 28.6 Å². The summed E-state index contributed by atoms with van der Waals surface area (Å²) in [5.74, 6) is -2.75. The van der Waals surface area contributed by atoms with Crippen LogP contribution in [0.1, 0.15) is 42.4 Å². The zero-order valence-corrected chi connectivity index (χ0v) is 17.8. The molecule has 0 aliphatic heterocycles. The van der Waals surface area contributed by atoms with Crippen molar-refractivity contribution in [3.63, 3.8) is 0 Å². The van der Waals surface area contributed by atoms with Gasteiger partial charge in [0.25, 0.3) is 5.95 Å². The van der Waals surface area contributed by atoms with Gasteiger partial charge in [-0.25, -0.2) is 18.0 Å². The summed E-state index contributed by atoms with van der Waals surface area (Å²) in [6.45, 7) is 1.73. The van der Waals surface area contributed by atoms with Crippen LogP contribution in [0.2, 0.25) is 0 Å². The minimum atomic E-state index is -2.08. The highest BCUT2D eigenvalue weighted by molar-refractivity contribution is 5.84. The van der Waals surface area contributed by atoms with Crippen LogP contribution < -0.4 is 16.8 Å². The fourth-order valence-corrected chi connectivity index (χ4v) is 3.76. The number of nitrogens with two attached hydrogens (primary N) is 2. The molecule has 2 unspecified atom stereocenters. The van der Waals surface area contributed by atoms with Gasteiger partial charge in [0.15, 0.2) is 17.8 Å². The number of hydrogen-bond donors (Lipinski definition) is 4. The van der Waals surface area contributed by atoms with Crippen LogP contribution in [0.3, 0.4) is 0 Å². The Morgan fingerprint density at radius 2 is 1.79 bits per heavy atom. The van der Waals surface area contributed by atoms with Gasteiger partial charge < -0.3 is 21.9 Å². The molecule has 0 aliphatic rings. The van der Waals surface area contributed by atoms with Gasteiger partial charge in [0.05, 0.1) is 17.1 Å². The number of carbonyl (C=O) groups is 1. The molecule has 2 atom stereocenters. The number of para-hydroxylation sites is 1. The zero-order valence-electron chi connectivity index (χ0n) is 17.8. The second-order valence-electron chi connectivity index (χ2n) is 7.44. The molecule has 4 aromatic rings. The van der Waals surface area contributed by atoms with Crippen LogP contribution in [0, 0.1) is 11.6 Å². The van der Waals surface area contributed by atoms with Gasteiger partial charge in [-0.3, -0.25) is 0 Å². The van der Waals surface area contributed by atoms with Gasteiger partial charge in [-0.15, -0.1) is 0 Å². The molecule has 2 heterocycles. The summed E-state index contributed by atoms with van der Waals surface area (Å²) in [7, 11) is 0. The monoisotopic (exact) mass is 471 g/mol. The molecule has 12 heteroatoms. The van der Waals surface area contributed by atoms with E-state index in [4.69, 9.17) is 16.6 Å². The lowest BCUT2D eigenvalue weighted by Crippen LogP contribution is -2.28. The molecule has 0 saturated carbocycles. The molecule has 1 amide bonds. The summed E-state index contributed by atoms with van der Waals surface area (Å²) in [6, 6.07) is 8.99. The predicted octanol–water partition coefficient (Wildman–Crippen LogP) is 4.04. The van der Waals surface area contributed by atoms with E-state index >= 15 is 4.39 Å². The van der Waals surface area contributed by atoms with E-state index in [0.29, 0.717) is 17.3 Å². The predicted molar refractivity (Wildman–Crippen MR) is 119 cm³/mol. The highest BCUT2D eigenvalue weighted by Gasteiger charge is 2.27. The number of aromatic nitrogens is 4. The van der Waals surface area contributed by atoms with Crippen LogP contribution in [0.5, 0.6) is 0 Å². The van der Waals surface area contributed by atoms with Crippen LogP contribution in [0.4, 0.5) is 29.6 Å². The highest BCUT2D eigenvalue weighted by atomic mass is 19.2. The Labute approximate surface area is 191 Å². The fraction of sp³-hybridized carbons (Fsp3) is 0.182. The van der Waals surface area contributed by atoms with Crippen molar-refractivity contribution in [1.82, 2.24) is 25.1 Å². The summed E-state index contributed by atoms with van der Waals surface area (Å²) >= 11 is 0. The number of benzene rings is 2. The average Bonchev–Trinajstić information content (AvgIpc) is 3.19. The van der Waals surface area contributed by atoms with Gasteiger partial charge in [-0.05, 0) is 18.6 Å². The molecule has 4 rings (SSSR count). The molecule has 0 radical (unpaired) electrons. The van der Waals surface area contributed by atoms with Gasteiger partial charge in [0, 0.05) is 10.9 Å². The standard InChI is InChI=1S/C22H20F3N7O2/c1-2-13(28-22(33)34)15-19(26)29-21(30-20(15)27)32-14-9-4-3-6-10(14)18(31-32)17(25)11-7-5-8-12(23)16(11)24/h3-9,13,17,28H,2H2,1H3,(H,33,34)(H4,26,27,29,30). The number of alkyl halides is 1. The maximum atomic E-state index is 15.4. The van der Waals surface area contributed by atoms with Crippen molar-refractivity contribution in [3.05, 3.63) is 70.9 Å². The molecule has 0 saturated heterocycles. The summed E-state index contributed by atoms with van der Waals surface area (Å²) in [5, 5.41) is 15.9. The van der Waals surface area contributed by atoms with Crippen LogP contribution in [-0.4, -0.2) is 30.9 Å². The lowest BCUT2D eigenvalue weighted by Gasteiger charge is -2.18. The Balaban J connectivity index is 1.85. The lowest BCUT2D eigenvalue weighted by molar-refractivity contribution is 0.189.